The van der Waals surface area contributed by atoms with Gasteiger partial charge in [0.15, 0.2) is 0 Å². The third-order valence-electron chi connectivity index (χ3n) is 4.35. The number of fused-ring (bicyclic) bond motifs is 1. The number of primary amides is 1. The van der Waals surface area contributed by atoms with E-state index >= 15 is 0 Å². The summed E-state index contributed by atoms with van der Waals surface area (Å²) in [7, 11) is 0. The van der Waals surface area contributed by atoms with Gasteiger partial charge in [-0.25, -0.2) is 0 Å². The standard InChI is InChI=1S/C20H16N4O2/c21-20(26)14-3-1-13(2-4-14)11-24-12-17(7-8-19(24)25)15-5-6-16-10-22-23-18(16)9-15/h1-10,12H,11H2,(H2,21,26)(H,22,23). The number of carbonyl (C=O) groups is 1. The Morgan fingerprint density at radius 1 is 1.04 bits per heavy atom. The molecule has 0 spiro atoms. The first-order valence-electron chi connectivity index (χ1n) is 8.13. The van der Waals surface area contributed by atoms with Crippen molar-refractivity contribution < 1.29 is 4.79 Å². The molecule has 6 heteroatoms. The molecule has 26 heavy (non-hydrogen) atoms. The number of nitrogens with one attached hydrogen (secondary N) is 1. The number of hydrogen-bond donors (Lipinski definition) is 2. The number of nitrogens with two attached hydrogens (primary N) is 1. The predicted molar refractivity (Wildman–Crippen MR) is 99.9 cm³/mol. The zero-order valence-electron chi connectivity index (χ0n) is 13.8. The molecule has 0 bridgehead atoms. The highest BCUT2D eigenvalue weighted by Crippen LogP contribution is 2.22. The Balaban J connectivity index is 1.67. The molecule has 2 aromatic carbocycles. The van der Waals surface area contributed by atoms with Gasteiger partial charge in [-0.15, -0.1) is 0 Å². The van der Waals surface area contributed by atoms with Gasteiger partial charge in [-0.2, -0.15) is 5.10 Å². The zero-order chi connectivity index (χ0) is 18.1. The van der Waals surface area contributed by atoms with Gasteiger partial charge < -0.3 is 10.3 Å². The van der Waals surface area contributed by atoms with Crippen LogP contribution in [0, 0.1) is 0 Å². The van der Waals surface area contributed by atoms with Crippen molar-refractivity contribution in [3.63, 3.8) is 0 Å². The van der Waals surface area contributed by atoms with Crippen LogP contribution in [0.25, 0.3) is 22.0 Å². The highest BCUT2D eigenvalue weighted by Gasteiger charge is 2.06. The van der Waals surface area contributed by atoms with Gasteiger partial charge in [-0.05, 0) is 41.0 Å². The van der Waals surface area contributed by atoms with Crippen LogP contribution in [0.1, 0.15) is 15.9 Å². The second-order valence-electron chi connectivity index (χ2n) is 6.12. The lowest BCUT2D eigenvalue weighted by Crippen LogP contribution is -2.19. The van der Waals surface area contributed by atoms with Crippen LogP contribution in [0.3, 0.4) is 0 Å². The molecule has 4 rings (SSSR count). The van der Waals surface area contributed by atoms with Gasteiger partial charge in [-0.1, -0.05) is 24.3 Å². The van der Waals surface area contributed by atoms with Crippen LogP contribution < -0.4 is 11.3 Å². The van der Waals surface area contributed by atoms with Crippen molar-refractivity contribution in [3.8, 4) is 11.1 Å². The van der Waals surface area contributed by atoms with Crippen LogP contribution in [-0.2, 0) is 6.54 Å². The fourth-order valence-electron chi connectivity index (χ4n) is 2.91. The summed E-state index contributed by atoms with van der Waals surface area (Å²) < 4.78 is 1.64. The summed E-state index contributed by atoms with van der Waals surface area (Å²) in [5.74, 6) is -0.468. The van der Waals surface area contributed by atoms with Crippen molar-refractivity contribution in [1.29, 1.82) is 0 Å². The summed E-state index contributed by atoms with van der Waals surface area (Å²) in [5.41, 5.74) is 9.42. The first kappa shape index (κ1) is 15.8. The molecule has 0 unspecified atom stereocenters. The Kier molecular flexibility index (Phi) is 3.85. The highest BCUT2D eigenvalue weighted by atomic mass is 16.1. The molecule has 0 saturated carbocycles. The monoisotopic (exact) mass is 344 g/mol. The first-order valence-corrected chi connectivity index (χ1v) is 8.13. The van der Waals surface area contributed by atoms with Crippen molar-refractivity contribution in [2.45, 2.75) is 6.54 Å². The van der Waals surface area contributed by atoms with Crippen molar-refractivity contribution in [2.24, 2.45) is 5.73 Å². The number of aromatic nitrogens is 3. The molecule has 6 nitrogen and oxygen atoms in total. The minimum absolute atomic E-state index is 0.0876. The number of aromatic amines is 1. The van der Waals surface area contributed by atoms with Crippen molar-refractivity contribution in [1.82, 2.24) is 14.8 Å². The topological polar surface area (TPSA) is 93.8 Å². The summed E-state index contributed by atoms with van der Waals surface area (Å²) in [5, 5.41) is 8.02. The number of amides is 1. The number of rotatable bonds is 4. The van der Waals surface area contributed by atoms with E-state index in [-0.39, 0.29) is 5.56 Å². The smallest absolute Gasteiger partial charge is 0.250 e. The second kappa shape index (κ2) is 6.33. The molecule has 2 aromatic heterocycles. The maximum absolute atomic E-state index is 12.2. The Morgan fingerprint density at radius 2 is 1.81 bits per heavy atom. The van der Waals surface area contributed by atoms with Gasteiger partial charge in [-0.3, -0.25) is 14.7 Å². The second-order valence-corrected chi connectivity index (χ2v) is 6.12. The van der Waals surface area contributed by atoms with E-state index < -0.39 is 5.91 Å². The summed E-state index contributed by atoms with van der Waals surface area (Å²) >= 11 is 0. The molecule has 0 aliphatic rings. The average Bonchev–Trinajstić information content (AvgIpc) is 3.12. The summed E-state index contributed by atoms with van der Waals surface area (Å²) in [4.78, 5) is 23.4. The van der Waals surface area contributed by atoms with E-state index in [1.807, 2.05) is 30.5 Å². The Hall–Kier alpha value is -3.67. The molecular formula is C20H16N4O2. The Bertz CT molecular complexity index is 1160. The fourth-order valence-corrected chi connectivity index (χ4v) is 2.91. The van der Waals surface area contributed by atoms with Gasteiger partial charge in [0, 0.05) is 23.2 Å². The van der Waals surface area contributed by atoms with Gasteiger partial charge >= 0.3 is 0 Å². The lowest BCUT2D eigenvalue weighted by Gasteiger charge is -2.09. The number of carbonyl (C=O) groups excluding carboxylic acids is 1. The molecule has 0 radical (unpaired) electrons. The van der Waals surface area contributed by atoms with Crippen molar-refractivity contribution >= 4 is 16.8 Å². The van der Waals surface area contributed by atoms with E-state index in [4.69, 9.17) is 5.73 Å². The fraction of sp³-hybridized carbons (Fsp3) is 0.0500. The third-order valence-corrected chi connectivity index (χ3v) is 4.35. The van der Waals surface area contributed by atoms with E-state index in [0.717, 1.165) is 27.6 Å². The van der Waals surface area contributed by atoms with Crippen LogP contribution in [0.5, 0.6) is 0 Å². The van der Waals surface area contributed by atoms with E-state index in [1.54, 1.807) is 41.1 Å². The number of nitrogens with zero attached hydrogens (tertiary/aromatic N) is 2. The largest absolute Gasteiger partial charge is 0.366 e. The zero-order valence-corrected chi connectivity index (χ0v) is 13.8. The molecular weight excluding hydrogens is 328 g/mol. The van der Waals surface area contributed by atoms with Crippen LogP contribution in [0.4, 0.5) is 0 Å². The maximum Gasteiger partial charge on any atom is 0.250 e. The molecule has 0 aliphatic carbocycles. The summed E-state index contributed by atoms with van der Waals surface area (Å²) in [6.45, 7) is 0.415. The molecule has 3 N–H and O–H groups in total. The quantitative estimate of drug-likeness (QED) is 0.596. The van der Waals surface area contributed by atoms with Crippen molar-refractivity contribution in [2.75, 3.05) is 0 Å². The minimum atomic E-state index is -0.468. The Labute approximate surface area is 148 Å². The van der Waals surface area contributed by atoms with Gasteiger partial charge in [0.1, 0.15) is 0 Å². The molecule has 128 valence electrons. The van der Waals surface area contributed by atoms with Crippen LogP contribution >= 0.6 is 0 Å². The predicted octanol–water partition coefficient (Wildman–Crippen LogP) is 2.54. The lowest BCUT2D eigenvalue weighted by atomic mass is 10.1. The summed E-state index contributed by atoms with van der Waals surface area (Å²) in [6, 6.07) is 16.3. The lowest BCUT2D eigenvalue weighted by molar-refractivity contribution is 0.100. The third kappa shape index (κ3) is 3.00. The molecule has 0 atom stereocenters. The molecule has 2 heterocycles. The maximum atomic E-state index is 12.2. The average molecular weight is 344 g/mol. The highest BCUT2D eigenvalue weighted by molar-refractivity contribution is 5.92. The van der Waals surface area contributed by atoms with E-state index in [2.05, 4.69) is 10.2 Å². The van der Waals surface area contributed by atoms with Gasteiger partial charge in [0.2, 0.25) is 5.91 Å². The number of H-pyrrole nitrogens is 1. The summed E-state index contributed by atoms with van der Waals surface area (Å²) in [6.07, 6.45) is 3.61. The van der Waals surface area contributed by atoms with Crippen LogP contribution in [-0.4, -0.2) is 20.7 Å². The molecule has 0 aliphatic heterocycles. The molecule has 4 aromatic rings. The van der Waals surface area contributed by atoms with Gasteiger partial charge in [0.05, 0.1) is 18.3 Å². The van der Waals surface area contributed by atoms with Crippen LogP contribution in [0.2, 0.25) is 0 Å². The molecule has 0 fully saturated rings. The number of hydrogen-bond acceptors (Lipinski definition) is 3. The normalized spacial score (nSPS) is 10.9. The van der Waals surface area contributed by atoms with E-state index in [0.29, 0.717) is 12.1 Å². The molecule has 0 saturated heterocycles. The van der Waals surface area contributed by atoms with E-state index in [1.165, 1.54) is 0 Å². The number of benzene rings is 2. The SMILES string of the molecule is NC(=O)c1ccc(Cn2cc(-c3ccc4cn[nH]c4c3)ccc2=O)cc1. The van der Waals surface area contributed by atoms with Crippen molar-refractivity contribution in [3.05, 3.63) is 88.5 Å². The van der Waals surface area contributed by atoms with Gasteiger partial charge in [0.25, 0.3) is 5.56 Å². The van der Waals surface area contributed by atoms with Crippen LogP contribution in [0.15, 0.2) is 71.8 Å². The molecule has 1 amide bonds. The first-order chi connectivity index (χ1) is 12.6. The Morgan fingerprint density at radius 3 is 2.58 bits per heavy atom. The van der Waals surface area contributed by atoms with E-state index in [9.17, 15) is 9.59 Å². The minimum Gasteiger partial charge on any atom is -0.366 e. The number of pyridine rings is 1.